The zero-order valence-electron chi connectivity index (χ0n) is 11.1. The van der Waals surface area contributed by atoms with Crippen molar-refractivity contribution in [2.24, 2.45) is 5.73 Å². The molecule has 19 heavy (non-hydrogen) atoms. The number of hydrogen-bond acceptors (Lipinski definition) is 2. The highest BCUT2D eigenvalue weighted by Crippen LogP contribution is 2.25. The average Bonchev–Trinajstić information content (AvgIpc) is 2.38. The molecule has 0 saturated carbocycles. The second-order valence-electron chi connectivity index (χ2n) is 5.08. The van der Waals surface area contributed by atoms with Gasteiger partial charge in [-0.25, -0.2) is 0 Å². The van der Waals surface area contributed by atoms with E-state index in [0.29, 0.717) is 5.56 Å². The van der Waals surface area contributed by atoms with E-state index >= 15 is 0 Å². The van der Waals surface area contributed by atoms with E-state index in [0.717, 1.165) is 16.7 Å². The molecule has 0 aliphatic carbocycles. The largest absolute Gasteiger partial charge is 0.386 e. The fraction of sp³-hybridized carbons (Fsp3) is 0.188. The highest BCUT2D eigenvalue weighted by molar-refractivity contribution is 5.94. The fourth-order valence-corrected chi connectivity index (χ4v) is 1.92. The first kappa shape index (κ1) is 13.3. The van der Waals surface area contributed by atoms with Crippen molar-refractivity contribution in [1.29, 1.82) is 0 Å². The monoisotopic (exact) mass is 255 g/mol. The molecule has 3 N–H and O–H groups in total. The number of hydrogen-bond donors (Lipinski definition) is 2. The SMILES string of the molecule is CC(C)(O)c1ccc(-c2cccc(C(N)=O)c2)cc1. The van der Waals surface area contributed by atoms with E-state index < -0.39 is 11.5 Å². The summed E-state index contributed by atoms with van der Waals surface area (Å²) in [6.45, 7) is 3.49. The number of nitrogens with two attached hydrogens (primary N) is 1. The molecular formula is C16H17NO2. The van der Waals surface area contributed by atoms with Crippen LogP contribution in [0.5, 0.6) is 0 Å². The van der Waals surface area contributed by atoms with Crippen LogP contribution in [-0.4, -0.2) is 11.0 Å². The van der Waals surface area contributed by atoms with Crippen LogP contribution in [0.15, 0.2) is 48.5 Å². The Morgan fingerprint density at radius 2 is 1.68 bits per heavy atom. The molecule has 3 heteroatoms. The van der Waals surface area contributed by atoms with Crippen molar-refractivity contribution in [1.82, 2.24) is 0 Å². The smallest absolute Gasteiger partial charge is 0.248 e. The van der Waals surface area contributed by atoms with E-state index in [2.05, 4.69) is 0 Å². The lowest BCUT2D eigenvalue weighted by atomic mass is 9.95. The number of rotatable bonds is 3. The third-order valence-electron chi connectivity index (χ3n) is 3.07. The third-order valence-corrected chi connectivity index (χ3v) is 3.07. The number of benzene rings is 2. The Hall–Kier alpha value is -2.13. The molecule has 2 aromatic rings. The Morgan fingerprint density at radius 3 is 2.21 bits per heavy atom. The summed E-state index contributed by atoms with van der Waals surface area (Å²) in [4.78, 5) is 11.2. The number of carbonyl (C=O) groups excluding carboxylic acids is 1. The Morgan fingerprint density at radius 1 is 1.05 bits per heavy atom. The molecule has 0 saturated heterocycles. The summed E-state index contributed by atoms with van der Waals surface area (Å²) in [7, 11) is 0. The predicted molar refractivity (Wildman–Crippen MR) is 75.6 cm³/mol. The second kappa shape index (κ2) is 4.86. The van der Waals surface area contributed by atoms with Gasteiger partial charge in [-0.3, -0.25) is 4.79 Å². The van der Waals surface area contributed by atoms with Gasteiger partial charge in [-0.15, -0.1) is 0 Å². The molecule has 0 aliphatic heterocycles. The molecular weight excluding hydrogens is 238 g/mol. The average molecular weight is 255 g/mol. The van der Waals surface area contributed by atoms with Crippen LogP contribution in [0, 0.1) is 0 Å². The number of amides is 1. The molecule has 1 amide bonds. The van der Waals surface area contributed by atoms with E-state index in [1.54, 1.807) is 32.0 Å². The standard InChI is InChI=1S/C16H17NO2/c1-16(2,19)14-8-6-11(7-9-14)12-4-3-5-13(10-12)15(17)18/h3-10,19H,1-2H3,(H2,17,18). The van der Waals surface area contributed by atoms with E-state index in [9.17, 15) is 9.90 Å². The van der Waals surface area contributed by atoms with Crippen molar-refractivity contribution in [2.45, 2.75) is 19.4 Å². The molecule has 0 unspecified atom stereocenters. The van der Waals surface area contributed by atoms with Gasteiger partial charge in [0.25, 0.3) is 0 Å². The van der Waals surface area contributed by atoms with Gasteiger partial charge in [0.2, 0.25) is 5.91 Å². The fourth-order valence-electron chi connectivity index (χ4n) is 1.92. The zero-order valence-corrected chi connectivity index (χ0v) is 11.1. The maximum Gasteiger partial charge on any atom is 0.248 e. The highest BCUT2D eigenvalue weighted by Gasteiger charge is 2.15. The second-order valence-corrected chi connectivity index (χ2v) is 5.08. The van der Waals surface area contributed by atoms with Crippen LogP contribution in [0.25, 0.3) is 11.1 Å². The van der Waals surface area contributed by atoms with Crippen molar-refractivity contribution in [3.8, 4) is 11.1 Å². The highest BCUT2D eigenvalue weighted by atomic mass is 16.3. The van der Waals surface area contributed by atoms with Crippen molar-refractivity contribution >= 4 is 5.91 Å². The quantitative estimate of drug-likeness (QED) is 0.885. The molecule has 0 radical (unpaired) electrons. The van der Waals surface area contributed by atoms with Crippen LogP contribution >= 0.6 is 0 Å². The molecule has 0 fully saturated rings. The van der Waals surface area contributed by atoms with Crippen LogP contribution in [0.3, 0.4) is 0 Å². The summed E-state index contributed by atoms with van der Waals surface area (Å²) in [6.07, 6.45) is 0. The van der Waals surface area contributed by atoms with Gasteiger partial charge in [0.15, 0.2) is 0 Å². The molecule has 0 bridgehead atoms. The molecule has 2 aromatic carbocycles. The van der Waals surface area contributed by atoms with Crippen molar-refractivity contribution in [3.63, 3.8) is 0 Å². The first-order valence-electron chi connectivity index (χ1n) is 6.11. The molecule has 0 spiro atoms. The lowest BCUT2D eigenvalue weighted by molar-refractivity contribution is 0.0786. The van der Waals surface area contributed by atoms with Gasteiger partial charge < -0.3 is 10.8 Å². The molecule has 3 nitrogen and oxygen atoms in total. The van der Waals surface area contributed by atoms with Gasteiger partial charge in [-0.1, -0.05) is 36.4 Å². The van der Waals surface area contributed by atoms with Gasteiger partial charge in [-0.2, -0.15) is 0 Å². The normalized spacial score (nSPS) is 11.3. The van der Waals surface area contributed by atoms with Gasteiger partial charge in [0.05, 0.1) is 5.60 Å². The van der Waals surface area contributed by atoms with Crippen LogP contribution < -0.4 is 5.73 Å². The molecule has 0 atom stereocenters. The number of primary amides is 1. The van der Waals surface area contributed by atoms with Crippen LogP contribution in [0.4, 0.5) is 0 Å². The van der Waals surface area contributed by atoms with E-state index in [1.165, 1.54) is 0 Å². The van der Waals surface area contributed by atoms with Crippen molar-refractivity contribution < 1.29 is 9.90 Å². The molecule has 0 aliphatic rings. The zero-order chi connectivity index (χ0) is 14.0. The Kier molecular flexibility index (Phi) is 3.40. The Bertz CT molecular complexity index is 595. The summed E-state index contributed by atoms with van der Waals surface area (Å²) in [6, 6.07) is 14.8. The van der Waals surface area contributed by atoms with Gasteiger partial charge >= 0.3 is 0 Å². The third kappa shape index (κ3) is 3.01. The van der Waals surface area contributed by atoms with Gasteiger partial charge in [-0.05, 0) is 42.7 Å². The van der Waals surface area contributed by atoms with E-state index in [1.807, 2.05) is 30.3 Å². The maximum absolute atomic E-state index is 11.2. The summed E-state index contributed by atoms with van der Waals surface area (Å²) < 4.78 is 0. The van der Waals surface area contributed by atoms with Gasteiger partial charge in [0, 0.05) is 5.56 Å². The van der Waals surface area contributed by atoms with Crippen LogP contribution in [-0.2, 0) is 5.60 Å². The first-order valence-corrected chi connectivity index (χ1v) is 6.11. The molecule has 0 heterocycles. The minimum Gasteiger partial charge on any atom is -0.386 e. The number of aliphatic hydroxyl groups is 1. The summed E-state index contributed by atoms with van der Waals surface area (Å²) in [5, 5.41) is 9.91. The molecule has 0 aromatic heterocycles. The Labute approximate surface area is 112 Å². The number of carbonyl (C=O) groups is 1. The van der Waals surface area contributed by atoms with Crippen LogP contribution in [0.2, 0.25) is 0 Å². The van der Waals surface area contributed by atoms with Gasteiger partial charge in [0.1, 0.15) is 0 Å². The summed E-state index contributed by atoms with van der Waals surface area (Å²) in [5.41, 5.74) is 7.67. The van der Waals surface area contributed by atoms with E-state index in [4.69, 9.17) is 5.73 Å². The molecule has 2 rings (SSSR count). The minimum absolute atomic E-state index is 0.435. The molecule has 98 valence electrons. The summed E-state index contributed by atoms with van der Waals surface area (Å²) in [5.74, 6) is -0.435. The lowest BCUT2D eigenvalue weighted by Gasteiger charge is -2.18. The van der Waals surface area contributed by atoms with Crippen LogP contribution in [0.1, 0.15) is 29.8 Å². The van der Waals surface area contributed by atoms with E-state index in [-0.39, 0.29) is 0 Å². The maximum atomic E-state index is 11.2. The topological polar surface area (TPSA) is 63.3 Å². The Balaban J connectivity index is 2.37. The van der Waals surface area contributed by atoms with Crippen molar-refractivity contribution in [3.05, 3.63) is 59.7 Å². The first-order chi connectivity index (χ1) is 8.88. The predicted octanol–water partition coefficient (Wildman–Crippen LogP) is 2.68. The van der Waals surface area contributed by atoms with Crippen molar-refractivity contribution in [2.75, 3.05) is 0 Å². The summed E-state index contributed by atoms with van der Waals surface area (Å²) >= 11 is 0. The lowest BCUT2D eigenvalue weighted by Crippen LogP contribution is -2.14. The minimum atomic E-state index is -0.854.